The zero-order valence-electron chi connectivity index (χ0n) is 26.7. The Morgan fingerprint density at radius 2 is 1.79 bits per heavy atom. The Labute approximate surface area is 296 Å². The summed E-state index contributed by atoms with van der Waals surface area (Å²) >= 11 is 0. The number of aliphatic hydroxyl groups excluding tert-OH is 3. The number of hydrogen-bond acceptors (Lipinski definition) is 18. The second-order valence-electron chi connectivity index (χ2n) is 11.8. The van der Waals surface area contributed by atoms with E-state index in [2.05, 4.69) is 24.2 Å². The molecule has 0 radical (unpaired) electrons. The Balaban J connectivity index is 1.18. The van der Waals surface area contributed by atoms with Crippen molar-refractivity contribution in [3.8, 4) is 0 Å². The van der Waals surface area contributed by atoms with Gasteiger partial charge in [0.15, 0.2) is 29.5 Å². The number of allylic oxidation sites excluding steroid dienone is 1. The molecule has 0 bridgehead atoms. The van der Waals surface area contributed by atoms with Crippen molar-refractivity contribution < 1.29 is 80.7 Å². The highest BCUT2D eigenvalue weighted by atomic mass is 31.3. The molecule has 2 saturated heterocycles. The van der Waals surface area contributed by atoms with Gasteiger partial charge in [-0.05, 0) is 18.6 Å². The van der Waals surface area contributed by atoms with E-state index in [9.17, 15) is 53.4 Å². The minimum atomic E-state index is -5.68. The third-order valence-electron chi connectivity index (χ3n) is 8.29. The molecule has 25 nitrogen and oxygen atoms in total. The third-order valence-corrected chi connectivity index (χ3v) is 11.4. The van der Waals surface area contributed by atoms with Crippen LogP contribution in [0.5, 0.6) is 0 Å². The molecule has 0 aromatic carbocycles. The van der Waals surface area contributed by atoms with E-state index < -0.39 is 91.2 Å². The van der Waals surface area contributed by atoms with E-state index in [0.29, 0.717) is 0 Å². The highest BCUT2D eigenvalue weighted by Gasteiger charge is 2.60. The molecule has 0 spiro atoms. The summed E-state index contributed by atoms with van der Waals surface area (Å²) in [4.78, 5) is 67.7. The van der Waals surface area contributed by atoms with Crippen LogP contribution in [0.25, 0.3) is 11.2 Å². The van der Waals surface area contributed by atoms with Gasteiger partial charge in [0.2, 0.25) is 5.91 Å². The maximum absolute atomic E-state index is 13.1. The van der Waals surface area contributed by atoms with Crippen molar-refractivity contribution in [2.45, 2.75) is 55.0 Å². The van der Waals surface area contributed by atoms with Crippen LogP contribution in [0.3, 0.4) is 0 Å². The van der Waals surface area contributed by atoms with Crippen molar-refractivity contribution in [1.29, 1.82) is 0 Å². The smallest absolute Gasteiger partial charge is 0.387 e. The number of rotatable bonds is 14. The lowest BCUT2D eigenvalue weighted by Gasteiger charge is -2.31. The topological polar surface area (TPSA) is 380 Å². The van der Waals surface area contributed by atoms with Crippen molar-refractivity contribution in [2.24, 2.45) is 5.73 Å². The number of primary amides is 1. The molecule has 3 aliphatic heterocycles. The Morgan fingerprint density at radius 3 is 2.47 bits per heavy atom. The number of fused-ring (bicyclic) bond motifs is 1. The average Bonchev–Trinajstić information content (AvgIpc) is 3.87. The Hall–Kier alpha value is -3.45. The molecule has 10 atom stereocenters. The molecule has 53 heavy (non-hydrogen) atoms. The third kappa shape index (κ3) is 8.16. The maximum Gasteiger partial charge on any atom is 0.481 e. The van der Waals surface area contributed by atoms with Gasteiger partial charge in [-0.3, -0.25) is 22.9 Å². The summed E-state index contributed by atoms with van der Waals surface area (Å²) in [6, 6.07) is 2.73. The number of amides is 1. The van der Waals surface area contributed by atoms with Crippen LogP contribution < -0.4 is 11.5 Å². The number of nitrogens with two attached hydrogens (primary N) is 2. The maximum atomic E-state index is 13.1. The van der Waals surface area contributed by atoms with E-state index in [-0.39, 0.29) is 34.7 Å². The number of carbonyl (C=O) groups is 1. The number of aliphatic hydroxyl groups is 3. The number of phosphoric acid groups is 3. The molecule has 0 aliphatic carbocycles. The summed E-state index contributed by atoms with van der Waals surface area (Å²) in [7, 11) is -16.6. The predicted molar refractivity (Wildman–Crippen MR) is 171 cm³/mol. The van der Waals surface area contributed by atoms with Crippen LogP contribution in [0.1, 0.15) is 18.3 Å². The monoisotopic (exact) mass is 810 g/mol. The highest BCUT2D eigenvalue weighted by Crippen LogP contribution is 2.62. The van der Waals surface area contributed by atoms with Gasteiger partial charge in [-0.25, -0.2) is 28.6 Å². The molecule has 2 unspecified atom stereocenters. The lowest BCUT2D eigenvalue weighted by atomic mass is 9.92. The predicted octanol–water partition coefficient (Wildman–Crippen LogP) is -1.71. The van der Waals surface area contributed by atoms with Crippen LogP contribution in [0.15, 0.2) is 55.0 Å². The van der Waals surface area contributed by atoms with Gasteiger partial charge in [0, 0.05) is 24.2 Å². The van der Waals surface area contributed by atoms with Crippen molar-refractivity contribution in [2.75, 3.05) is 18.9 Å². The van der Waals surface area contributed by atoms with Gasteiger partial charge in [0.25, 0.3) is 0 Å². The van der Waals surface area contributed by atoms with Crippen LogP contribution in [0.4, 0.5) is 5.82 Å². The summed E-state index contributed by atoms with van der Waals surface area (Å²) in [6.45, 7) is -2.18. The van der Waals surface area contributed by atoms with Crippen molar-refractivity contribution in [1.82, 2.24) is 29.4 Å². The number of phosphoric ester groups is 3. The van der Waals surface area contributed by atoms with Crippen LogP contribution >= 0.6 is 23.5 Å². The van der Waals surface area contributed by atoms with E-state index in [4.69, 9.17) is 34.5 Å². The number of H-pyrrole nitrogens is 1. The number of nitrogens with one attached hydrogen (secondary N) is 1. The molecule has 3 aromatic heterocycles. The van der Waals surface area contributed by atoms with Gasteiger partial charge in [0.05, 0.1) is 25.2 Å². The van der Waals surface area contributed by atoms with Crippen molar-refractivity contribution in [3.05, 3.63) is 60.7 Å². The van der Waals surface area contributed by atoms with Gasteiger partial charge in [-0.1, -0.05) is 6.08 Å². The van der Waals surface area contributed by atoms with Gasteiger partial charge >= 0.3 is 23.5 Å². The van der Waals surface area contributed by atoms with Crippen molar-refractivity contribution in [3.63, 3.8) is 0 Å². The van der Waals surface area contributed by atoms with E-state index in [0.717, 1.165) is 17.2 Å². The summed E-state index contributed by atoms with van der Waals surface area (Å²) in [5, 5.41) is 32.6. The first-order valence-electron chi connectivity index (χ1n) is 15.1. The van der Waals surface area contributed by atoms with Gasteiger partial charge in [-0.15, -0.1) is 0 Å². The zero-order chi connectivity index (χ0) is 38.5. The first-order valence-corrected chi connectivity index (χ1v) is 19.6. The van der Waals surface area contributed by atoms with Gasteiger partial charge in [0.1, 0.15) is 42.4 Å². The average molecular weight is 811 g/mol. The number of hydrogen-bond donors (Lipinski definition) is 10. The summed E-state index contributed by atoms with van der Waals surface area (Å²) < 4.78 is 69.7. The second kappa shape index (κ2) is 14.7. The number of nitrogen functional groups attached to an aromatic ring is 1. The molecule has 28 heteroatoms. The SMILES string of the molecule is NC(=O)C1=CN([C@@H]2O[C@H](COP(=O)(O)OP(=O)(O)OC[C@@]3(c4ccc[nH]4)O[C@@H](n4cnc5c(N)ncnc54)[C@H](OP(=O)(O)O)[C@H]3O)[C@@H](O)[C@H]2O)C=CC1. The van der Waals surface area contributed by atoms with E-state index >= 15 is 0 Å². The largest absolute Gasteiger partial charge is 0.481 e. The van der Waals surface area contributed by atoms with Gasteiger partial charge in [-0.2, -0.15) is 4.31 Å². The summed E-state index contributed by atoms with van der Waals surface area (Å²) in [6.07, 6.45) is -3.98. The number of aromatic amines is 1. The molecule has 6 heterocycles. The number of imidazole rings is 1. The molecule has 0 saturated carbocycles. The molecular formula is C25H33N8O17P3. The Bertz CT molecular complexity index is 2040. The first-order chi connectivity index (χ1) is 24.8. The zero-order valence-corrected chi connectivity index (χ0v) is 29.4. The second-order valence-corrected chi connectivity index (χ2v) is 16.0. The lowest BCUT2D eigenvalue weighted by Crippen LogP contribution is -2.45. The number of aromatic nitrogens is 5. The Morgan fingerprint density at radius 1 is 1.06 bits per heavy atom. The number of carbonyl (C=O) groups excluding carboxylic acids is 1. The number of ether oxygens (including phenoxy) is 2. The fraction of sp³-hybridized carbons (Fsp3) is 0.440. The molecule has 3 aromatic rings. The summed E-state index contributed by atoms with van der Waals surface area (Å²) in [5.74, 6) is -0.816. The molecular weight excluding hydrogens is 777 g/mol. The highest BCUT2D eigenvalue weighted by molar-refractivity contribution is 7.61. The minimum Gasteiger partial charge on any atom is -0.387 e. The lowest BCUT2D eigenvalue weighted by molar-refractivity contribution is -0.133. The standard InChI is InChI=1S/C25H33N8O17P3/c26-20-15-22(30-10-29-20)33(11-31-15)24-18(49-51(38,39)40)19(36)25(48-24,14-4-1-5-28-14)9-46-53(43,44)50-52(41,42)45-8-13-16(34)17(35)23(47-13)32-6-2-3-12(7-32)21(27)37/h1-2,4-7,10-11,13,16-19,23-24,28,34-36H,3,8-9H2,(H2,27,37)(H,41,42)(H,43,44)(H2,26,29,30)(H2,38,39,40)/t13-,16-,17-,18-,19-,23-,24-,25+/m1/s1. The minimum absolute atomic E-state index is 0.0267. The van der Waals surface area contributed by atoms with Crippen LogP contribution in [-0.2, 0) is 51.4 Å². The first kappa shape index (κ1) is 39.2. The van der Waals surface area contributed by atoms with Crippen LogP contribution in [-0.4, -0.2) is 120 Å². The molecule has 3 aliphatic rings. The van der Waals surface area contributed by atoms with Gasteiger partial charge < -0.3 is 65.7 Å². The van der Waals surface area contributed by atoms with E-state index in [1.807, 2.05) is 0 Å². The van der Waals surface area contributed by atoms with Crippen LogP contribution in [0.2, 0.25) is 0 Å². The van der Waals surface area contributed by atoms with E-state index in [1.54, 1.807) is 0 Å². The summed E-state index contributed by atoms with van der Waals surface area (Å²) in [5.41, 5.74) is 8.90. The molecule has 12 N–H and O–H groups in total. The van der Waals surface area contributed by atoms with E-state index in [1.165, 1.54) is 41.7 Å². The molecule has 1 amide bonds. The molecule has 6 rings (SSSR count). The number of anilines is 1. The quantitative estimate of drug-likeness (QED) is 0.0810. The van der Waals surface area contributed by atoms with Crippen molar-refractivity contribution >= 4 is 46.4 Å². The fourth-order valence-corrected chi connectivity index (χ4v) is 8.51. The molecule has 2 fully saturated rings. The van der Waals surface area contributed by atoms with Crippen LogP contribution in [0, 0.1) is 0 Å². The fourth-order valence-electron chi connectivity index (χ4n) is 5.86. The molecule has 290 valence electrons. The normalized spacial score (nSPS) is 31.4. The number of nitrogens with zero attached hydrogens (tertiary/aromatic N) is 5. The Kier molecular flexibility index (Phi) is 10.9.